The van der Waals surface area contributed by atoms with Gasteiger partial charge >= 0.3 is 12.4 Å². The van der Waals surface area contributed by atoms with Gasteiger partial charge in [-0.15, -0.1) is 0 Å². The largest absolute Gasteiger partial charge is 0.471 e. The lowest BCUT2D eigenvalue weighted by Crippen LogP contribution is -2.46. The first-order chi connectivity index (χ1) is 16.2. The number of fused-ring (bicyclic) bond motifs is 1. The molecule has 1 aromatic heterocycles. The number of benzene rings is 3. The molecule has 4 rings (SSSR count). The Kier molecular flexibility index (Phi) is 6.04. The average molecular weight is 494 g/mol. The zero-order chi connectivity index (χ0) is 25.6. The van der Waals surface area contributed by atoms with Gasteiger partial charge in [-0.1, -0.05) is 30.3 Å². The van der Waals surface area contributed by atoms with E-state index in [-0.39, 0.29) is 0 Å². The summed E-state index contributed by atoms with van der Waals surface area (Å²) in [5, 5.41) is 10.5. The molecule has 4 aromatic rings. The second kappa shape index (κ2) is 8.60. The zero-order valence-corrected chi connectivity index (χ0v) is 18.5. The summed E-state index contributed by atoms with van der Waals surface area (Å²) in [6.07, 6.45) is -15.1. The van der Waals surface area contributed by atoms with Crippen molar-refractivity contribution in [1.82, 2.24) is 9.97 Å². The SMILES string of the molecule is CC(C)(O)c1ccccc1-c1ccc2nc(-c3ccc(OC(C(F)(F)F)C(F)(F)F)cc3)[nH]c2c1. The van der Waals surface area contributed by atoms with Crippen LogP contribution in [0.5, 0.6) is 5.75 Å². The van der Waals surface area contributed by atoms with Crippen molar-refractivity contribution in [3.05, 3.63) is 72.3 Å². The molecule has 4 nitrogen and oxygen atoms in total. The Morgan fingerprint density at radius 1 is 0.829 bits per heavy atom. The molecular weight excluding hydrogens is 474 g/mol. The lowest BCUT2D eigenvalue weighted by molar-refractivity contribution is -0.299. The van der Waals surface area contributed by atoms with Crippen LogP contribution in [0.3, 0.4) is 0 Å². The van der Waals surface area contributed by atoms with Crippen LogP contribution >= 0.6 is 0 Å². The van der Waals surface area contributed by atoms with Crippen molar-refractivity contribution in [2.24, 2.45) is 0 Å². The molecule has 2 N–H and O–H groups in total. The van der Waals surface area contributed by atoms with Crippen molar-refractivity contribution in [3.63, 3.8) is 0 Å². The van der Waals surface area contributed by atoms with Crippen LogP contribution in [0, 0.1) is 0 Å². The van der Waals surface area contributed by atoms with E-state index >= 15 is 0 Å². The molecule has 0 radical (unpaired) electrons. The Bertz CT molecular complexity index is 1320. The molecule has 0 aliphatic carbocycles. The second-order valence-corrected chi connectivity index (χ2v) is 8.53. The van der Waals surface area contributed by atoms with E-state index in [0.29, 0.717) is 22.4 Å². The van der Waals surface area contributed by atoms with Crippen molar-refractivity contribution >= 4 is 11.0 Å². The van der Waals surface area contributed by atoms with Crippen LogP contribution < -0.4 is 4.74 Å². The highest BCUT2D eigenvalue weighted by molar-refractivity contribution is 5.85. The highest BCUT2D eigenvalue weighted by Crippen LogP contribution is 2.37. The number of ether oxygens (including phenoxy) is 1. The average Bonchev–Trinajstić information content (AvgIpc) is 3.19. The van der Waals surface area contributed by atoms with Crippen LogP contribution in [0.2, 0.25) is 0 Å². The van der Waals surface area contributed by atoms with E-state index in [1.807, 2.05) is 36.4 Å². The molecule has 0 bridgehead atoms. The van der Waals surface area contributed by atoms with E-state index in [1.54, 1.807) is 19.9 Å². The smallest absolute Gasteiger partial charge is 0.434 e. The molecule has 0 spiro atoms. The Morgan fingerprint density at radius 2 is 1.43 bits per heavy atom. The van der Waals surface area contributed by atoms with Gasteiger partial charge in [-0.2, -0.15) is 26.3 Å². The molecule has 3 aromatic carbocycles. The number of aliphatic hydroxyl groups is 1. The Morgan fingerprint density at radius 3 is 2.03 bits per heavy atom. The van der Waals surface area contributed by atoms with E-state index in [0.717, 1.165) is 28.8 Å². The number of hydrogen-bond donors (Lipinski definition) is 2. The second-order valence-electron chi connectivity index (χ2n) is 8.53. The predicted octanol–water partition coefficient (Wildman–Crippen LogP) is 7.00. The number of aromatic nitrogens is 2. The van der Waals surface area contributed by atoms with Gasteiger partial charge in [0.1, 0.15) is 11.6 Å². The highest BCUT2D eigenvalue weighted by Gasteiger charge is 2.59. The number of hydrogen-bond acceptors (Lipinski definition) is 3. The predicted molar refractivity (Wildman–Crippen MR) is 119 cm³/mol. The summed E-state index contributed by atoms with van der Waals surface area (Å²) in [5.41, 5.74) is 3.07. The van der Waals surface area contributed by atoms with Gasteiger partial charge in [0, 0.05) is 5.56 Å². The summed E-state index contributed by atoms with van der Waals surface area (Å²) in [4.78, 5) is 7.57. The molecule has 184 valence electrons. The molecule has 10 heteroatoms. The summed E-state index contributed by atoms with van der Waals surface area (Å²) in [5.74, 6) is -0.197. The fraction of sp³-hybridized carbons (Fsp3) is 0.240. The van der Waals surface area contributed by atoms with E-state index < -0.39 is 29.8 Å². The number of H-pyrrole nitrogens is 1. The molecule has 0 aliphatic rings. The number of aromatic amines is 1. The number of alkyl halides is 6. The first kappa shape index (κ1) is 24.6. The third kappa shape index (κ3) is 5.27. The Labute approximate surface area is 196 Å². The summed E-state index contributed by atoms with van der Waals surface area (Å²) in [7, 11) is 0. The number of imidazole rings is 1. The van der Waals surface area contributed by atoms with Crippen LogP contribution in [0.1, 0.15) is 19.4 Å². The summed E-state index contributed by atoms with van der Waals surface area (Å²) < 4.78 is 80.6. The van der Waals surface area contributed by atoms with E-state index in [2.05, 4.69) is 14.7 Å². The van der Waals surface area contributed by atoms with Crippen LogP contribution in [0.15, 0.2) is 66.7 Å². The minimum Gasteiger partial charge on any atom is -0.471 e. The molecule has 0 atom stereocenters. The number of halogens is 6. The Hall–Kier alpha value is -3.53. The zero-order valence-electron chi connectivity index (χ0n) is 18.5. The summed E-state index contributed by atoms with van der Waals surface area (Å²) in [6, 6.07) is 17.6. The maximum atomic E-state index is 12.7. The van der Waals surface area contributed by atoms with E-state index in [4.69, 9.17) is 0 Å². The van der Waals surface area contributed by atoms with Gasteiger partial charge in [-0.3, -0.25) is 0 Å². The van der Waals surface area contributed by atoms with E-state index in [9.17, 15) is 31.4 Å². The van der Waals surface area contributed by atoms with Gasteiger partial charge in [0.05, 0.1) is 16.6 Å². The van der Waals surface area contributed by atoms with Crippen LogP contribution in [-0.4, -0.2) is 33.5 Å². The normalized spacial score (nSPS) is 13.0. The monoisotopic (exact) mass is 494 g/mol. The van der Waals surface area contributed by atoms with Gasteiger partial charge in [-0.05, 0) is 66.9 Å². The summed E-state index contributed by atoms with van der Waals surface area (Å²) in [6.45, 7) is 3.38. The molecule has 0 aliphatic heterocycles. The topological polar surface area (TPSA) is 58.1 Å². The van der Waals surface area contributed by atoms with Crippen LogP contribution in [-0.2, 0) is 5.60 Å². The molecule has 0 saturated heterocycles. The third-order valence-corrected chi connectivity index (χ3v) is 5.36. The van der Waals surface area contributed by atoms with Crippen LogP contribution in [0.4, 0.5) is 26.3 Å². The molecule has 0 unspecified atom stereocenters. The minimum absolute atomic E-state index is 0.377. The van der Waals surface area contributed by atoms with Crippen molar-refractivity contribution < 1.29 is 36.2 Å². The maximum Gasteiger partial charge on any atom is 0.434 e. The van der Waals surface area contributed by atoms with Crippen molar-refractivity contribution in [3.8, 4) is 28.3 Å². The molecule has 1 heterocycles. The minimum atomic E-state index is -5.60. The third-order valence-electron chi connectivity index (χ3n) is 5.36. The lowest BCUT2D eigenvalue weighted by atomic mass is 9.89. The van der Waals surface area contributed by atoms with Gasteiger partial charge in [-0.25, -0.2) is 4.98 Å². The number of rotatable bonds is 5. The molecule has 35 heavy (non-hydrogen) atoms. The molecular formula is C25H20F6N2O2. The molecule has 0 fully saturated rings. The molecule has 0 saturated carbocycles. The van der Waals surface area contributed by atoms with Gasteiger partial charge in [0.15, 0.2) is 0 Å². The first-order valence-corrected chi connectivity index (χ1v) is 10.5. The number of nitrogens with one attached hydrogen (secondary N) is 1. The van der Waals surface area contributed by atoms with Crippen molar-refractivity contribution in [1.29, 1.82) is 0 Å². The highest BCUT2D eigenvalue weighted by atomic mass is 19.4. The standard InChI is InChI=1S/C25H20F6N2O2/c1-23(2,34)18-6-4-3-5-17(18)15-9-12-19-20(13-15)33-21(32-19)14-7-10-16(11-8-14)35-22(24(26,27)28)25(29,30)31/h3-13,22,34H,1-2H3,(H,32,33). The van der Waals surface area contributed by atoms with E-state index in [1.165, 1.54) is 12.1 Å². The first-order valence-electron chi connectivity index (χ1n) is 10.5. The quantitative estimate of drug-likeness (QED) is 0.294. The summed E-state index contributed by atoms with van der Waals surface area (Å²) >= 11 is 0. The lowest BCUT2D eigenvalue weighted by Gasteiger charge is -2.23. The fourth-order valence-electron chi connectivity index (χ4n) is 3.73. The fourth-order valence-corrected chi connectivity index (χ4v) is 3.73. The Balaban J connectivity index is 1.63. The molecule has 0 amide bonds. The van der Waals surface area contributed by atoms with Gasteiger partial charge in [0.25, 0.3) is 6.10 Å². The van der Waals surface area contributed by atoms with Crippen molar-refractivity contribution in [2.75, 3.05) is 0 Å². The van der Waals surface area contributed by atoms with Gasteiger partial charge < -0.3 is 14.8 Å². The number of nitrogens with zero attached hydrogens (tertiary/aromatic N) is 1. The van der Waals surface area contributed by atoms with Gasteiger partial charge in [0.2, 0.25) is 0 Å². The van der Waals surface area contributed by atoms with Crippen LogP contribution in [0.25, 0.3) is 33.5 Å². The van der Waals surface area contributed by atoms with Crippen molar-refractivity contribution in [2.45, 2.75) is 37.9 Å². The maximum absolute atomic E-state index is 12.7.